The molecule has 0 aliphatic heterocycles. The second-order valence-electron chi connectivity index (χ2n) is 8.76. The van der Waals surface area contributed by atoms with Crippen molar-refractivity contribution in [1.82, 2.24) is 4.98 Å². The molecule has 0 saturated heterocycles. The van der Waals surface area contributed by atoms with Crippen LogP contribution in [0.1, 0.15) is 29.8 Å². The number of rotatable bonds is 8. The van der Waals surface area contributed by atoms with Gasteiger partial charge in [0.05, 0.1) is 32.6 Å². The molecular formula is C29H24Cl2N2O4. The van der Waals surface area contributed by atoms with Gasteiger partial charge < -0.3 is 15.6 Å². The largest absolute Gasteiger partial charge is 0.489 e. The number of nitrogens with two attached hydrogens (primary N) is 1. The van der Waals surface area contributed by atoms with Crippen LogP contribution in [0.25, 0.3) is 27.7 Å². The Morgan fingerprint density at radius 1 is 0.973 bits per heavy atom. The highest BCUT2D eigenvalue weighted by Crippen LogP contribution is 2.32. The van der Waals surface area contributed by atoms with E-state index in [4.69, 9.17) is 33.7 Å². The molecule has 4 rings (SSSR count). The summed E-state index contributed by atoms with van der Waals surface area (Å²) in [6.45, 7) is 3.52. The molecule has 188 valence electrons. The number of carbonyl (C=O) groups is 2. The van der Waals surface area contributed by atoms with Gasteiger partial charge in [0.15, 0.2) is 5.78 Å². The Bertz CT molecular complexity index is 1530. The maximum absolute atomic E-state index is 13.0. The van der Waals surface area contributed by atoms with Crippen molar-refractivity contribution in [2.45, 2.75) is 13.8 Å². The number of fused-ring (bicyclic) bond motifs is 1. The minimum absolute atomic E-state index is 0.0557. The number of aromatic carboxylic acids is 1. The molecule has 8 heteroatoms. The smallest absolute Gasteiger partial charge is 0.335 e. The first-order valence-corrected chi connectivity index (χ1v) is 12.2. The fraction of sp³-hybridized carbons (Fsp3) is 0.138. The number of hydrogen-bond donors (Lipinski definition) is 2. The average Bonchev–Trinajstić information content (AvgIpc) is 2.88. The van der Waals surface area contributed by atoms with E-state index in [-0.39, 0.29) is 29.6 Å². The van der Waals surface area contributed by atoms with Crippen LogP contribution in [-0.2, 0) is 4.79 Å². The zero-order valence-electron chi connectivity index (χ0n) is 20.2. The quantitative estimate of drug-likeness (QED) is 0.239. The van der Waals surface area contributed by atoms with Crippen molar-refractivity contribution < 1.29 is 19.4 Å². The lowest BCUT2D eigenvalue weighted by Gasteiger charge is -2.16. The molecule has 0 amide bonds. The van der Waals surface area contributed by atoms with Crippen LogP contribution < -0.4 is 10.5 Å². The molecule has 0 aliphatic carbocycles. The standard InChI is InChI=1S/C29H24Cl2N2O4/c1-16(2)28(34)22(27(32)26-23(30)4-3-5-24(26)31)15-37-21-9-8-17-12-19(7-6-18(17)13-21)25-14-20(29(35)36)10-11-33-25/h3-14,16H,15,32H2,1-2H3,(H,35,36)/b27-22-. The van der Waals surface area contributed by atoms with Crippen LogP contribution in [0.5, 0.6) is 5.75 Å². The number of ether oxygens (including phenoxy) is 1. The van der Waals surface area contributed by atoms with Crippen molar-refractivity contribution >= 4 is 51.4 Å². The summed E-state index contributed by atoms with van der Waals surface area (Å²) in [4.78, 5) is 28.6. The molecule has 0 unspecified atom stereocenters. The molecule has 0 saturated carbocycles. The summed E-state index contributed by atoms with van der Waals surface area (Å²) in [6, 6.07) is 19.3. The van der Waals surface area contributed by atoms with Gasteiger partial charge in [-0.3, -0.25) is 9.78 Å². The SMILES string of the molecule is CC(C)C(=O)/C(COc1ccc2cc(-c3cc(C(=O)O)ccn3)ccc2c1)=C(\N)c1c(Cl)cccc1Cl. The van der Waals surface area contributed by atoms with E-state index >= 15 is 0 Å². The summed E-state index contributed by atoms with van der Waals surface area (Å²) in [6.07, 6.45) is 1.48. The molecule has 0 bridgehead atoms. The van der Waals surface area contributed by atoms with Gasteiger partial charge in [0.25, 0.3) is 0 Å². The fourth-order valence-electron chi connectivity index (χ4n) is 3.89. The number of nitrogens with zero attached hydrogens (tertiary/aromatic N) is 1. The summed E-state index contributed by atoms with van der Waals surface area (Å²) in [5.41, 5.74) is 8.83. The molecule has 1 aromatic heterocycles. The lowest BCUT2D eigenvalue weighted by molar-refractivity contribution is -0.118. The van der Waals surface area contributed by atoms with Crippen molar-refractivity contribution in [2.75, 3.05) is 6.61 Å². The van der Waals surface area contributed by atoms with Gasteiger partial charge in [-0.25, -0.2) is 4.79 Å². The van der Waals surface area contributed by atoms with Crippen molar-refractivity contribution in [3.8, 4) is 17.0 Å². The molecule has 0 atom stereocenters. The molecule has 0 aliphatic rings. The Balaban J connectivity index is 1.63. The molecule has 0 fully saturated rings. The van der Waals surface area contributed by atoms with Crippen LogP contribution in [0.4, 0.5) is 0 Å². The predicted octanol–water partition coefficient (Wildman–Crippen LogP) is 6.88. The Kier molecular flexibility index (Phi) is 7.81. The first kappa shape index (κ1) is 26.2. The van der Waals surface area contributed by atoms with E-state index in [2.05, 4.69) is 4.98 Å². The third kappa shape index (κ3) is 5.77. The van der Waals surface area contributed by atoms with Gasteiger partial charge in [0.2, 0.25) is 0 Å². The van der Waals surface area contributed by atoms with Crippen molar-refractivity contribution in [3.63, 3.8) is 0 Å². The summed E-state index contributed by atoms with van der Waals surface area (Å²) in [7, 11) is 0. The van der Waals surface area contributed by atoms with Crippen LogP contribution in [0.2, 0.25) is 10.0 Å². The van der Waals surface area contributed by atoms with Crippen LogP contribution in [-0.4, -0.2) is 28.4 Å². The highest BCUT2D eigenvalue weighted by Gasteiger charge is 2.22. The number of pyridine rings is 1. The van der Waals surface area contributed by atoms with E-state index < -0.39 is 5.97 Å². The molecule has 1 heterocycles. The van der Waals surface area contributed by atoms with Crippen molar-refractivity contribution in [1.29, 1.82) is 0 Å². The zero-order valence-corrected chi connectivity index (χ0v) is 21.7. The topological polar surface area (TPSA) is 103 Å². The molecule has 3 N–H and O–H groups in total. The summed E-state index contributed by atoms with van der Waals surface area (Å²) in [5, 5.41) is 11.8. The van der Waals surface area contributed by atoms with Gasteiger partial charge in [-0.15, -0.1) is 0 Å². The Morgan fingerprint density at radius 2 is 1.65 bits per heavy atom. The average molecular weight is 535 g/mol. The number of carbonyl (C=O) groups excluding carboxylic acids is 1. The summed E-state index contributed by atoms with van der Waals surface area (Å²) < 4.78 is 6.00. The van der Waals surface area contributed by atoms with Crippen LogP contribution in [0.15, 0.2) is 78.5 Å². The van der Waals surface area contributed by atoms with E-state index in [1.807, 2.05) is 30.3 Å². The van der Waals surface area contributed by atoms with Crippen molar-refractivity contribution in [3.05, 3.63) is 99.7 Å². The number of halogens is 2. The Labute approximate surface area is 224 Å². The van der Waals surface area contributed by atoms with Crippen LogP contribution in [0, 0.1) is 5.92 Å². The van der Waals surface area contributed by atoms with Gasteiger partial charge in [0.1, 0.15) is 12.4 Å². The highest BCUT2D eigenvalue weighted by molar-refractivity contribution is 6.37. The number of aromatic nitrogens is 1. The first-order chi connectivity index (χ1) is 17.7. The monoisotopic (exact) mass is 534 g/mol. The molecule has 37 heavy (non-hydrogen) atoms. The number of Topliss-reactive ketones (excluding diaryl/α,β-unsaturated/α-hetero) is 1. The molecule has 6 nitrogen and oxygen atoms in total. The van der Waals surface area contributed by atoms with Gasteiger partial charge in [0, 0.05) is 23.2 Å². The minimum atomic E-state index is -1.01. The molecule has 4 aromatic rings. The first-order valence-electron chi connectivity index (χ1n) is 11.5. The fourth-order valence-corrected chi connectivity index (χ4v) is 4.49. The second kappa shape index (κ2) is 11.0. The number of hydrogen-bond acceptors (Lipinski definition) is 5. The number of ketones is 1. The third-order valence-electron chi connectivity index (χ3n) is 5.88. The lowest BCUT2D eigenvalue weighted by Crippen LogP contribution is -2.21. The van der Waals surface area contributed by atoms with Gasteiger partial charge in [-0.1, -0.05) is 61.3 Å². The lowest BCUT2D eigenvalue weighted by atomic mass is 9.97. The van der Waals surface area contributed by atoms with E-state index in [9.17, 15) is 14.7 Å². The number of carboxylic acid groups (broad SMARTS) is 1. The molecular weight excluding hydrogens is 511 g/mol. The number of carboxylic acids is 1. The summed E-state index contributed by atoms with van der Waals surface area (Å²) in [5.74, 6) is -0.914. The van der Waals surface area contributed by atoms with Gasteiger partial charge >= 0.3 is 5.97 Å². The van der Waals surface area contributed by atoms with E-state index in [0.29, 0.717) is 32.6 Å². The van der Waals surface area contributed by atoms with Gasteiger partial charge in [-0.2, -0.15) is 0 Å². The van der Waals surface area contributed by atoms with Crippen molar-refractivity contribution in [2.24, 2.45) is 11.7 Å². The normalized spacial score (nSPS) is 11.9. The zero-order chi connectivity index (χ0) is 26.7. The maximum Gasteiger partial charge on any atom is 0.335 e. The van der Waals surface area contributed by atoms with Crippen LogP contribution >= 0.6 is 23.2 Å². The number of benzene rings is 3. The molecule has 0 spiro atoms. The van der Waals surface area contributed by atoms with E-state index in [1.54, 1.807) is 38.1 Å². The van der Waals surface area contributed by atoms with Gasteiger partial charge in [-0.05, 0) is 53.2 Å². The van der Waals surface area contributed by atoms with E-state index in [0.717, 1.165) is 16.3 Å². The molecule has 0 radical (unpaired) electrons. The second-order valence-corrected chi connectivity index (χ2v) is 9.57. The van der Waals surface area contributed by atoms with Crippen LogP contribution in [0.3, 0.4) is 0 Å². The Hall–Kier alpha value is -3.87. The summed E-state index contributed by atoms with van der Waals surface area (Å²) >= 11 is 12.7. The Morgan fingerprint density at radius 3 is 2.32 bits per heavy atom. The molecule has 3 aromatic carbocycles. The predicted molar refractivity (Wildman–Crippen MR) is 147 cm³/mol. The highest BCUT2D eigenvalue weighted by atomic mass is 35.5. The van der Waals surface area contributed by atoms with E-state index in [1.165, 1.54) is 18.3 Å². The maximum atomic E-state index is 13.0. The minimum Gasteiger partial charge on any atom is -0.489 e. The third-order valence-corrected chi connectivity index (χ3v) is 6.51.